The van der Waals surface area contributed by atoms with E-state index in [2.05, 4.69) is 31.1 Å². The molecule has 0 aliphatic rings. The van der Waals surface area contributed by atoms with Gasteiger partial charge in [-0.2, -0.15) is 5.10 Å². The Bertz CT molecular complexity index is 657. The molecule has 0 amide bonds. The zero-order chi connectivity index (χ0) is 15.3. The Balaban J connectivity index is 2.84. The SMILES string of the molecule is COC(=O)Cn1ncc(NCCS(N)(=O)=O)c(Br)c1=O. The Hall–Kier alpha value is -1.46. The lowest BCUT2D eigenvalue weighted by Gasteiger charge is -2.09. The van der Waals surface area contributed by atoms with Crippen molar-refractivity contribution >= 4 is 37.6 Å². The minimum Gasteiger partial charge on any atom is -0.468 e. The van der Waals surface area contributed by atoms with Gasteiger partial charge in [-0.1, -0.05) is 0 Å². The summed E-state index contributed by atoms with van der Waals surface area (Å²) in [5.74, 6) is -0.897. The molecule has 0 aromatic carbocycles. The second-order valence-electron chi connectivity index (χ2n) is 3.70. The number of esters is 1. The molecule has 0 aliphatic heterocycles. The fourth-order valence-electron chi connectivity index (χ4n) is 1.22. The molecule has 112 valence electrons. The molecule has 11 heteroatoms. The number of nitrogens with zero attached hydrogens (tertiary/aromatic N) is 2. The topological polar surface area (TPSA) is 133 Å². The van der Waals surface area contributed by atoms with Gasteiger partial charge in [0.2, 0.25) is 10.0 Å². The number of carbonyl (C=O) groups excluding carboxylic acids is 1. The van der Waals surface area contributed by atoms with E-state index in [-0.39, 0.29) is 23.3 Å². The normalized spacial score (nSPS) is 11.2. The standard InChI is InChI=1S/C9H13BrN4O5S/c1-19-7(15)5-14-9(16)8(10)6(4-13-14)12-2-3-20(11,17)18/h4,12H,2-3,5H2,1H3,(H2,11,17,18). The van der Waals surface area contributed by atoms with Gasteiger partial charge in [0.05, 0.1) is 24.7 Å². The van der Waals surface area contributed by atoms with Crippen LogP contribution in [0, 0.1) is 0 Å². The van der Waals surface area contributed by atoms with Crippen molar-refractivity contribution < 1.29 is 17.9 Å². The molecule has 20 heavy (non-hydrogen) atoms. The number of anilines is 1. The van der Waals surface area contributed by atoms with Crippen LogP contribution in [0.3, 0.4) is 0 Å². The van der Waals surface area contributed by atoms with Crippen LogP contribution in [-0.2, 0) is 26.1 Å². The molecule has 1 rings (SSSR count). The van der Waals surface area contributed by atoms with Crippen LogP contribution in [-0.4, -0.2) is 43.6 Å². The van der Waals surface area contributed by atoms with Crippen LogP contribution in [0.15, 0.2) is 15.5 Å². The molecule has 9 nitrogen and oxygen atoms in total. The van der Waals surface area contributed by atoms with E-state index in [1.54, 1.807) is 0 Å². The lowest BCUT2D eigenvalue weighted by Crippen LogP contribution is -2.29. The number of halogens is 1. The number of aromatic nitrogens is 2. The number of nitrogens with two attached hydrogens (primary N) is 1. The summed E-state index contributed by atoms with van der Waals surface area (Å²) in [5.41, 5.74) is -0.240. The summed E-state index contributed by atoms with van der Waals surface area (Å²) in [6.07, 6.45) is 1.29. The summed E-state index contributed by atoms with van der Waals surface area (Å²) < 4.78 is 27.0. The zero-order valence-corrected chi connectivity index (χ0v) is 12.9. The number of nitrogens with one attached hydrogen (secondary N) is 1. The van der Waals surface area contributed by atoms with Crippen LogP contribution in [0.25, 0.3) is 0 Å². The van der Waals surface area contributed by atoms with Crippen molar-refractivity contribution in [3.05, 3.63) is 21.0 Å². The number of hydrogen-bond acceptors (Lipinski definition) is 7. The molecule has 0 spiro atoms. The van der Waals surface area contributed by atoms with Gasteiger partial charge < -0.3 is 10.1 Å². The molecule has 1 aromatic heterocycles. The van der Waals surface area contributed by atoms with E-state index in [0.717, 1.165) is 4.68 Å². The highest BCUT2D eigenvalue weighted by molar-refractivity contribution is 9.10. The molecule has 0 fully saturated rings. The molecule has 1 heterocycles. The van der Waals surface area contributed by atoms with Crippen LogP contribution in [0.4, 0.5) is 5.69 Å². The minimum absolute atomic E-state index is 0.0273. The van der Waals surface area contributed by atoms with Gasteiger partial charge >= 0.3 is 5.97 Å². The summed E-state index contributed by atoms with van der Waals surface area (Å²) >= 11 is 3.05. The van der Waals surface area contributed by atoms with Gasteiger partial charge in [-0.25, -0.2) is 18.2 Å². The average molecular weight is 369 g/mol. The highest BCUT2D eigenvalue weighted by Crippen LogP contribution is 2.15. The van der Waals surface area contributed by atoms with Crippen molar-refractivity contribution in [1.29, 1.82) is 0 Å². The molecular weight excluding hydrogens is 356 g/mol. The number of methoxy groups -OCH3 is 1. The van der Waals surface area contributed by atoms with Gasteiger partial charge in [-0.05, 0) is 15.9 Å². The molecule has 0 unspecified atom stereocenters. The molecule has 3 N–H and O–H groups in total. The van der Waals surface area contributed by atoms with E-state index in [4.69, 9.17) is 5.14 Å². The molecule has 0 atom stereocenters. The molecule has 0 saturated heterocycles. The van der Waals surface area contributed by atoms with E-state index >= 15 is 0 Å². The van der Waals surface area contributed by atoms with Crippen LogP contribution in [0.5, 0.6) is 0 Å². The van der Waals surface area contributed by atoms with E-state index in [9.17, 15) is 18.0 Å². The minimum atomic E-state index is -3.59. The third-order valence-electron chi connectivity index (χ3n) is 2.19. The van der Waals surface area contributed by atoms with Crippen molar-refractivity contribution in [2.45, 2.75) is 6.54 Å². The summed E-state index contributed by atoms with van der Waals surface area (Å²) in [6.45, 7) is -0.287. The Kier molecular flexibility index (Phi) is 5.65. The van der Waals surface area contributed by atoms with E-state index in [0.29, 0.717) is 5.69 Å². The Labute approximate surface area is 123 Å². The van der Waals surface area contributed by atoms with Crippen LogP contribution >= 0.6 is 15.9 Å². The molecule has 0 radical (unpaired) electrons. The number of sulfonamides is 1. The summed E-state index contributed by atoms with van der Waals surface area (Å²) in [7, 11) is -2.39. The van der Waals surface area contributed by atoms with Crippen LogP contribution < -0.4 is 16.0 Å². The van der Waals surface area contributed by atoms with E-state index in [1.807, 2.05) is 0 Å². The van der Waals surface area contributed by atoms with Crippen molar-refractivity contribution in [2.24, 2.45) is 5.14 Å². The molecule has 0 bridgehead atoms. The summed E-state index contributed by atoms with van der Waals surface area (Å²) in [4.78, 5) is 22.9. The van der Waals surface area contributed by atoms with Crippen molar-refractivity contribution in [3.63, 3.8) is 0 Å². The second-order valence-corrected chi connectivity index (χ2v) is 6.23. The van der Waals surface area contributed by atoms with Gasteiger partial charge in [0.15, 0.2) is 0 Å². The Morgan fingerprint density at radius 3 is 2.80 bits per heavy atom. The molecule has 1 aromatic rings. The van der Waals surface area contributed by atoms with Crippen LogP contribution in [0.2, 0.25) is 0 Å². The molecule has 0 aliphatic carbocycles. The number of hydrogen-bond donors (Lipinski definition) is 2. The number of rotatable bonds is 6. The van der Waals surface area contributed by atoms with Crippen LogP contribution in [0.1, 0.15) is 0 Å². The van der Waals surface area contributed by atoms with Gasteiger partial charge in [0, 0.05) is 6.54 Å². The predicted molar refractivity (Wildman–Crippen MR) is 74.7 cm³/mol. The lowest BCUT2D eigenvalue weighted by molar-refractivity contribution is -0.141. The number of primary sulfonamides is 1. The van der Waals surface area contributed by atoms with E-state index in [1.165, 1.54) is 13.3 Å². The van der Waals surface area contributed by atoms with E-state index < -0.39 is 21.6 Å². The van der Waals surface area contributed by atoms with Gasteiger partial charge in [0.1, 0.15) is 11.0 Å². The third kappa shape index (κ3) is 4.90. The van der Waals surface area contributed by atoms with Gasteiger partial charge in [0.25, 0.3) is 5.56 Å². The summed E-state index contributed by atoms with van der Waals surface area (Å²) in [6, 6.07) is 0. The Morgan fingerprint density at radius 1 is 1.60 bits per heavy atom. The first-order valence-electron chi connectivity index (χ1n) is 5.31. The first kappa shape index (κ1) is 16.6. The highest BCUT2D eigenvalue weighted by Gasteiger charge is 2.12. The fraction of sp³-hybridized carbons (Fsp3) is 0.444. The smallest absolute Gasteiger partial charge is 0.327 e. The highest BCUT2D eigenvalue weighted by atomic mass is 79.9. The Morgan fingerprint density at radius 2 is 2.25 bits per heavy atom. The van der Waals surface area contributed by atoms with Crippen molar-refractivity contribution in [2.75, 3.05) is 24.7 Å². The van der Waals surface area contributed by atoms with Gasteiger partial charge in [-0.3, -0.25) is 9.59 Å². The monoisotopic (exact) mass is 368 g/mol. The second kappa shape index (κ2) is 6.81. The maximum absolute atomic E-state index is 11.9. The maximum atomic E-state index is 11.9. The first-order valence-corrected chi connectivity index (χ1v) is 7.82. The first-order chi connectivity index (χ1) is 9.24. The number of carbonyl (C=O) groups is 1. The lowest BCUT2D eigenvalue weighted by atomic mass is 10.4. The maximum Gasteiger partial charge on any atom is 0.327 e. The average Bonchev–Trinajstić information content (AvgIpc) is 2.36. The largest absolute Gasteiger partial charge is 0.468 e. The number of ether oxygens (including phenoxy) is 1. The fourth-order valence-corrected chi connectivity index (χ4v) is 2.05. The predicted octanol–water partition coefficient (Wildman–Crippen LogP) is -1.12. The summed E-state index contributed by atoms with van der Waals surface area (Å²) in [5, 5.41) is 11.3. The molecular formula is C9H13BrN4O5S. The quantitative estimate of drug-likeness (QED) is 0.607. The molecule has 0 saturated carbocycles. The third-order valence-corrected chi connectivity index (χ3v) is 3.73. The van der Waals surface area contributed by atoms with Gasteiger partial charge in [-0.15, -0.1) is 0 Å². The van der Waals surface area contributed by atoms with Crippen molar-refractivity contribution in [1.82, 2.24) is 9.78 Å². The van der Waals surface area contributed by atoms with Crippen molar-refractivity contribution in [3.8, 4) is 0 Å². The zero-order valence-electron chi connectivity index (χ0n) is 10.5.